The molecule has 0 aromatic heterocycles. The predicted molar refractivity (Wildman–Crippen MR) is 64.1 cm³/mol. The number of hydrogen-bond acceptors (Lipinski definition) is 4. The molecule has 0 saturated carbocycles. The van der Waals surface area contributed by atoms with Crippen molar-refractivity contribution < 1.29 is 14.6 Å². The molecule has 16 heavy (non-hydrogen) atoms. The normalized spacial score (nSPS) is 12.2. The van der Waals surface area contributed by atoms with Gasteiger partial charge in [-0.2, -0.15) is 0 Å². The molecular formula is C11H15NO3S. The number of benzene rings is 1. The Balaban J connectivity index is 2.64. The van der Waals surface area contributed by atoms with E-state index in [0.717, 1.165) is 16.2 Å². The number of ether oxygens (including phenoxy) is 1. The molecular weight excluding hydrogens is 226 g/mol. The van der Waals surface area contributed by atoms with Crippen molar-refractivity contribution in [3.63, 3.8) is 0 Å². The minimum absolute atomic E-state index is 0.364. The Bertz CT molecular complexity index is 381. The van der Waals surface area contributed by atoms with Crippen LogP contribution in [0.5, 0.6) is 5.75 Å². The summed E-state index contributed by atoms with van der Waals surface area (Å²) in [5, 5.41) is 8.65. The summed E-state index contributed by atoms with van der Waals surface area (Å²) in [6.07, 6.45) is 0. The van der Waals surface area contributed by atoms with Gasteiger partial charge in [-0.15, -0.1) is 11.8 Å². The van der Waals surface area contributed by atoms with Gasteiger partial charge in [-0.05, 0) is 30.7 Å². The number of carbonyl (C=O) groups is 1. The van der Waals surface area contributed by atoms with E-state index in [-0.39, 0.29) is 0 Å². The third-order valence-corrected chi connectivity index (χ3v) is 3.41. The molecule has 0 aliphatic carbocycles. The van der Waals surface area contributed by atoms with Crippen LogP contribution >= 0.6 is 11.8 Å². The number of methoxy groups -OCH3 is 1. The van der Waals surface area contributed by atoms with Crippen LogP contribution in [0.3, 0.4) is 0 Å². The number of nitrogens with two attached hydrogens (primary N) is 1. The first-order valence-corrected chi connectivity index (χ1v) is 5.79. The Morgan fingerprint density at radius 1 is 1.62 bits per heavy atom. The summed E-state index contributed by atoms with van der Waals surface area (Å²) >= 11 is 1.44. The van der Waals surface area contributed by atoms with Gasteiger partial charge in [0.15, 0.2) is 0 Å². The van der Waals surface area contributed by atoms with E-state index in [9.17, 15) is 4.79 Å². The zero-order chi connectivity index (χ0) is 12.1. The highest BCUT2D eigenvalue weighted by Crippen LogP contribution is 2.26. The summed E-state index contributed by atoms with van der Waals surface area (Å²) in [6, 6.07) is 4.84. The lowest BCUT2D eigenvalue weighted by atomic mass is 10.2. The summed E-state index contributed by atoms with van der Waals surface area (Å²) in [4.78, 5) is 11.6. The average molecular weight is 241 g/mol. The molecule has 1 aromatic rings. The Labute approximate surface area is 98.8 Å². The van der Waals surface area contributed by atoms with Crippen LogP contribution in [-0.2, 0) is 4.79 Å². The Morgan fingerprint density at radius 3 is 2.81 bits per heavy atom. The van der Waals surface area contributed by atoms with Crippen molar-refractivity contribution in [2.45, 2.75) is 17.9 Å². The summed E-state index contributed by atoms with van der Waals surface area (Å²) in [5.74, 6) is 0.186. The van der Waals surface area contributed by atoms with Gasteiger partial charge in [0, 0.05) is 10.6 Å². The molecule has 88 valence electrons. The fourth-order valence-corrected chi connectivity index (χ4v) is 2.11. The van der Waals surface area contributed by atoms with Gasteiger partial charge in [0.25, 0.3) is 0 Å². The monoisotopic (exact) mass is 241 g/mol. The third-order valence-electron chi connectivity index (χ3n) is 2.12. The highest BCUT2D eigenvalue weighted by atomic mass is 32.2. The van der Waals surface area contributed by atoms with Crippen LogP contribution in [0.2, 0.25) is 0 Å². The first-order valence-electron chi connectivity index (χ1n) is 4.80. The second kappa shape index (κ2) is 5.77. The standard InChI is InChI=1S/C11H15NO3S/c1-7-5-8(15-2)3-4-10(7)16-6-9(12)11(13)14/h3-5,9H,6,12H2,1-2H3,(H,13,14). The lowest BCUT2D eigenvalue weighted by molar-refractivity contribution is -0.137. The zero-order valence-corrected chi connectivity index (χ0v) is 10.1. The van der Waals surface area contributed by atoms with Crippen molar-refractivity contribution in [2.75, 3.05) is 12.9 Å². The molecule has 4 nitrogen and oxygen atoms in total. The maximum atomic E-state index is 10.5. The summed E-state index contributed by atoms with van der Waals surface area (Å²) in [6.45, 7) is 1.96. The Hall–Kier alpha value is -1.20. The lowest BCUT2D eigenvalue weighted by Crippen LogP contribution is -2.32. The lowest BCUT2D eigenvalue weighted by Gasteiger charge is -2.09. The first kappa shape index (κ1) is 12.9. The molecule has 0 fully saturated rings. The van der Waals surface area contributed by atoms with Gasteiger partial charge >= 0.3 is 5.97 Å². The highest BCUT2D eigenvalue weighted by molar-refractivity contribution is 7.99. The van der Waals surface area contributed by atoms with Gasteiger partial charge in [0.1, 0.15) is 11.8 Å². The van der Waals surface area contributed by atoms with Crippen LogP contribution in [-0.4, -0.2) is 30.0 Å². The van der Waals surface area contributed by atoms with Gasteiger partial charge in [-0.25, -0.2) is 0 Å². The molecule has 0 aliphatic rings. The van der Waals surface area contributed by atoms with E-state index in [4.69, 9.17) is 15.6 Å². The van der Waals surface area contributed by atoms with Crippen molar-refractivity contribution in [2.24, 2.45) is 5.73 Å². The van der Waals surface area contributed by atoms with Crippen molar-refractivity contribution in [3.8, 4) is 5.75 Å². The molecule has 0 bridgehead atoms. The molecule has 1 rings (SSSR count). The number of carboxylic acids is 1. The van der Waals surface area contributed by atoms with Gasteiger partial charge in [-0.3, -0.25) is 4.79 Å². The Kier molecular flexibility index (Phi) is 4.64. The molecule has 1 unspecified atom stereocenters. The van der Waals surface area contributed by atoms with Crippen LogP contribution < -0.4 is 10.5 Å². The van der Waals surface area contributed by atoms with Crippen molar-refractivity contribution >= 4 is 17.7 Å². The quantitative estimate of drug-likeness (QED) is 0.764. The van der Waals surface area contributed by atoms with Crippen LogP contribution in [0.15, 0.2) is 23.1 Å². The molecule has 5 heteroatoms. The number of aryl methyl sites for hydroxylation is 1. The number of hydrogen-bond donors (Lipinski definition) is 2. The summed E-state index contributed by atoms with van der Waals surface area (Å²) in [7, 11) is 1.61. The Morgan fingerprint density at radius 2 is 2.31 bits per heavy atom. The number of aliphatic carboxylic acids is 1. The molecule has 0 saturated heterocycles. The minimum Gasteiger partial charge on any atom is -0.497 e. The van der Waals surface area contributed by atoms with Crippen LogP contribution in [0, 0.1) is 6.92 Å². The van der Waals surface area contributed by atoms with Gasteiger partial charge in [0.05, 0.1) is 7.11 Å². The van der Waals surface area contributed by atoms with E-state index in [1.807, 2.05) is 25.1 Å². The maximum Gasteiger partial charge on any atom is 0.321 e. The molecule has 1 atom stereocenters. The summed E-state index contributed by atoms with van der Waals surface area (Å²) in [5.41, 5.74) is 6.48. The maximum absolute atomic E-state index is 10.5. The smallest absolute Gasteiger partial charge is 0.321 e. The zero-order valence-electron chi connectivity index (χ0n) is 9.27. The molecule has 3 N–H and O–H groups in total. The minimum atomic E-state index is -0.973. The van der Waals surface area contributed by atoms with E-state index in [2.05, 4.69) is 0 Å². The molecule has 0 spiro atoms. The highest BCUT2D eigenvalue weighted by Gasteiger charge is 2.12. The summed E-state index contributed by atoms with van der Waals surface area (Å²) < 4.78 is 5.09. The third kappa shape index (κ3) is 3.43. The largest absolute Gasteiger partial charge is 0.497 e. The van der Waals surface area contributed by atoms with Crippen molar-refractivity contribution in [1.29, 1.82) is 0 Å². The molecule has 0 aliphatic heterocycles. The second-order valence-electron chi connectivity index (χ2n) is 3.39. The van der Waals surface area contributed by atoms with Gasteiger partial charge < -0.3 is 15.6 Å². The molecule has 0 radical (unpaired) electrons. The fourth-order valence-electron chi connectivity index (χ4n) is 1.16. The van der Waals surface area contributed by atoms with Crippen molar-refractivity contribution in [3.05, 3.63) is 23.8 Å². The number of thioether (sulfide) groups is 1. The topological polar surface area (TPSA) is 72.5 Å². The van der Waals surface area contributed by atoms with Crippen molar-refractivity contribution in [1.82, 2.24) is 0 Å². The van der Waals surface area contributed by atoms with Gasteiger partial charge in [-0.1, -0.05) is 0 Å². The predicted octanol–water partition coefficient (Wildman–Crippen LogP) is 1.51. The van der Waals surface area contributed by atoms with E-state index in [1.165, 1.54) is 11.8 Å². The van der Waals surface area contributed by atoms with Gasteiger partial charge in [0.2, 0.25) is 0 Å². The first-order chi connectivity index (χ1) is 7.54. The van der Waals surface area contributed by atoms with Crippen LogP contribution in [0.25, 0.3) is 0 Å². The SMILES string of the molecule is COc1ccc(SCC(N)C(=O)O)c(C)c1. The average Bonchev–Trinajstić information content (AvgIpc) is 2.26. The number of rotatable bonds is 5. The van der Waals surface area contributed by atoms with Crippen LogP contribution in [0.4, 0.5) is 0 Å². The van der Waals surface area contributed by atoms with E-state index < -0.39 is 12.0 Å². The van der Waals surface area contributed by atoms with E-state index >= 15 is 0 Å². The molecule has 0 amide bonds. The van der Waals surface area contributed by atoms with E-state index in [0.29, 0.717) is 5.75 Å². The van der Waals surface area contributed by atoms with Crippen LogP contribution in [0.1, 0.15) is 5.56 Å². The second-order valence-corrected chi connectivity index (χ2v) is 4.45. The van der Waals surface area contributed by atoms with E-state index in [1.54, 1.807) is 7.11 Å². The molecule has 1 aromatic carbocycles. The fraction of sp³-hybridized carbons (Fsp3) is 0.364. The number of carboxylic acid groups (broad SMARTS) is 1. The molecule has 0 heterocycles.